The fourth-order valence-corrected chi connectivity index (χ4v) is 6.89. The van der Waals surface area contributed by atoms with E-state index in [4.69, 9.17) is 0 Å². The van der Waals surface area contributed by atoms with Crippen LogP contribution in [-0.2, 0) is 0 Å². The van der Waals surface area contributed by atoms with E-state index in [0.717, 1.165) is 17.8 Å². The van der Waals surface area contributed by atoms with E-state index in [2.05, 4.69) is 12.2 Å². The molecule has 86 valence electrons. The van der Waals surface area contributed by atoms with Crippen LogP contribution in [0.1, 0.15) is 38.5 Å². The van der Waals surface area contributed by atoms with Gasteiger partial charge in [-0.2, -0.15) is 0 Å². The van der Waals surface area contributed by atoms with Gasteiger partial charge in [0.05, 0.1) is 0 Å². The van der Waals surface area contributed by atoms with Gasteiger partial charge in [-0.25, -0.2) is 0 Å². The molecule has 0 amide bonds. The second-order valence-corrected chi connectivity index (χ2v) is 7.37. The van der Waals surface area contributed by atoms with Crippen LogP contribution < -0.4 is 0 Å². The highest BCUT2D eigenvalue weighted by molar-refractivity contribution is 5.16. The quantitative estimate of drug-likeness (QED) is 0.537. The van der Waals surface area contributed by atoms with Crippen LogP contribution in [0.3, 0.4) is 0 Å². The molecule has 5 aliphatic rings. The zero-order chi connectivity index (χ0) is 10.3. The van der Waals surface area contributed by atoms with Crippen LogP contribution in [0.4, 0.5) is 0 Å². The minimum Gasteiger partial charge on any atom is -0.0879 e. The maximum Gasteiger partial charge on any atom is -0.0197 e. The first kappa shape index (κ1) is 8.78. The Kier molecular flexibility index (Phi) is 1.52. The molecule has 8 atom stereocenters. The Balaban J connectivity index is 1.53. The Labute approximate surface area is 98.5 Å². The van der Waals surface area contributed by atoms with Crippen molar-refractivity contribution >= 4 is 0 Å². The largest absolute Gasteiger partial charge is 0.0879 e. The van der Waals surface area contributed by atoms with Crippen molar-refractivity contribution in [2.24, 2.45) is 47.3 Å². The first-order valence-corrected chi connectivity index (χ1v) is 7.58. The number of hydrogen-bond acceptors (Lipinski definition) is 0. The standard InChI is InChI=1S/C16H22/c1-2-9-7-12-8-14-10-4-5-11(6-10)15(14)16(12)13(9)3-1/h1-2,9-16H,3-8H2. The normalized spacial score (nSPS) is 65.0. The van der Waals surface area contributed by atoms with E-state index in [0.29, 0.717) is 0 Å². The van der Waals surface area contributed by atoms with Crippen molar-refractivity contribution in [1.29, 1.82) is 0 Å². The SMILES string of the molecule is C1=CC2CC3CC4C5CCC(C5)C4C3C2C1. The topological polar surface area (TPSA) is 0 Å². The van der Waals surface area contributed by atoms with Gasteiger partial charge in [0.2, 0.25) is 0 Å². The van der Waals surface area contributed by atoms with Crippen LogP contribution >= 0.6 is 0 Å². The van der Waals surface area contributed by atoms with Gasteiger partial charge in [0.1, 0.15) is 0 Å². The third-order valence-corrected chi connectivity index (χ3v) is 7.13. The lowest BCUT2D eigenvalue weighted by molar-refractivity contribution is 0.165. The van der Waals surface area contributed by atoms with Crippen LogP contribution in [-0.4, -0.2) is 0 Å². The van der Waals surface area contributed by atoms with Gasteiger partial charge in [0.25, 0.3) is 0 Å². The lowest BCUT2D eigenvalue weighted by Crippen LogP contribution is -2.26. The molecule has 0 N–H and O–H groups in total. The monoisotopic (exact) mass is 214 g/mol. The molecular weight excluding hydrogens is 192 g/mol. The summed E-state index contributed by atoms with van der Waals surface area (Å²) in [5, 5.41) is 0. The van der Waals surface area contributed by atoms with Crippen LogP contribution in [0.5, 0.6) is 0 Å². The molecule has 4 saturated carbocycles. The van der Waals surface area contributed by atoms with Crippen molar-refractivity contribution < 1.29 is 0 Å². The first-order valence-electron chi connectivity index (χ1n) is 7.58. The first-order chi connectivity index (χ1) is 7.92. The van der Waals surface area contributed by atoms with E-state index in [1.54, 1.807) is 32.1 Å². The Hall–Kier alpha value is -0.260. The Morgan fingerprint density at radius 1 is 0.750 bits per heavy atom. The predicted molar refractivity (Wildman–Crippen MR) is 64.8 cm³/mol. The van der Waals surface area contributed by atoms with Gasteiger partial charge in [-0.3, -0.25) is 0 Å². The molecule has 0 nitrogen and oxygen atoms in total. The molecule has 0 aliphatic heterocycles. The molecule has 5 rings (SSSR count). The number of fused-ring (bicyclic) bond motifs is 9. The second kappa shape index (κ2) is 2.76. The maximum absolute atomic E-state index is 2.56. The number of allylic oxidation sites excluding steroid dienone is 2. The van der Waals surface area contributed by atoms with Gasteiger partial charge in [0, 0.05) is 0 Å². The minimum atomic E-state index is 1.01. The van der Waals surface area contributed by atoms with Gasteiger partial charge in [-0.15, -0.1) is 0 Å². The van der Waals surface area contributed by atoms with E-state index in [1.807, 2.05) is 0 Å². The van der Waals surface area contributed by atoms with Crippen LogP contribution in [0.2, 0.25) is 0 Å². The molecule has 8 unspecified atom stereocenters. The molecule has 2 bridgehead atoms. The Morgan fingerprint density at radius 2 is 1.62 bits per heavy atom. The Bertz CT molecular complexity index is 355. The fourth-order valence-electron chi connectivity index (χ4n) is 6.89. The maximum atomic E-state index is 2.56. The summed E-state index contributed by atoms with van der Waals surface area (Å²) in [6.45, 7) is 0. The third-order valence-electron chi connectivity index (χ3n) is 7.13. The highest BCUT2D eigenvalue weighted by Crippen LogP contribution is 2.68. The average molecular weight is 214 g/mol. The highest BCUT2D eigenvalue weighted by Gasteiger charge is 2.61. The summed E-state index contributed by atoms with van der Waals surface area (Å²) < 4.78 is 0. The number of hydrogen-bond donors (Lipinski definition) is 0. The van der Waals surface area contributed by atoms with Crippen LogP contribution in [0.25, 0.3) is 0 Å². The third kappa shape index (κ3) is 0.866. The average Bonchev–Trinajstić information content (AvgIpc) is 2.97. The summed E-state index contributed by atoms with van der Waals surface area (Å²) in [6, 6.07) is 0. The van der Waals surface area contributed by atoms with Crippen molar-refractivity contribution in [2.75, 3.05) is 0 Å². The zero-order valence-corrected chi connectivity index (χ0v) is 10.0. The molecular formula is C16H22. The lowest BCUT2D eigenvalue weighted by Gasteiger charge is -2.32. The predicted octanol–water partition coefficient (Wildman–Crippen LogP) is 3.88. The van der Waals surface area contributed by atoms with Crippen LogP contribution in [0, 0.1) is 47.3 Å². The summed E-state index contributed by atoms with van der Waals surface area (Å²) in [4.78, 5) is 0. The highest BCUT2D eigenvalue weighted by atomic mass is 14.7. The second-order valence-electron chi connectivity index (χ2n) is 7.37. The summed E-state index contributed by atoms with van der Waals surface area (Å²) in [6.07, 6.45) is 14.5. The van der Waals surface area contributed by atoms with Crippen molar-refractivity contribution in [3.63, 3.8) is 0 Å². The smallest absolute Gasteiger partial charge is 0.0197 e. The molecule has 0 aromatic rings. The van der Waals surface area contributed by atoms with Crippen molar-refractivity contribution in [2.45, 2.75) is 38.5 Å². The molecule has 4 fully saturated rings. The molecule has 0 aromatic carbocycles. The molecule has 0 heteroatoms. The van der Waals surface area contributed by atoms with Gasteiger partial charge >= 0.3 is 0 Å². The van der Waals surface area contributed by atoms with E-state index in [9.17, 15) is 0 Å². The lowest BCUT2D eigenvalue weighted by atomic mass is 9.73. The van der Waals surface area contributed by atoms with Crippen molar-refractivity contribution in [3.05, 3.63) is 12.2 Å². The Morgan fingerprint density at radius 3 is 2.62 bits per heavy atom. The molecule has 0 spiro atoms. The van der Waals surface area contributed by atoms with Gasteiger partial charge < -0.3 is 0 Å². The minimum absolute atomic E-state index is 1.01. The summed E-state index contributed by atoms with van der Waals surface area (Å²) in [7, 11) is 0. The van der Waals surface area contributed by atoms with E-state index in [1.165, 1.54) is 36.0 Å². The zero-order valence-electron chi connectivity index (χ0n) is 10.0. The van der Waals surface area contributed by atoms with Gasteiger partial charge in [0.15, 0.2) is 0 Å². The van der Waals surface area contributed by atoms with E-state index < -0.39 is 0 Å². The molecule has 5 aliphatic carbocycles. The van der Waals surface area contributed by atoms with Gasteiger partial charge in [-0.1, -0.05) is 12.2 Å². The summed E-state index contributed by atoms with van der Waals surface area (Å²) >= 11 is 0. The van der Waals surface area contributed by atoms with Crippen LogP contribution in [0.15, 0.2) is 12.2 Å². The molecule has 0 aromatic heterocycles. The fraction of sp³-hybridized carbons (Fsp3) is 0.875. The summed E-state index contributed by atoms with van der Waals surface area (Å²) in [5.41, 5.74) is 0. The molecule has 16 heavy (non-hydrogen) atoms. The van der Waals surface area contributed by atoms with Crippen molar-refractivity contribution in [3.8, 4) is 0 Å². The van der Waals surface area contributed by atoms with Gasteiger partial charge in [-0.05, 0) is 85.9 Å². The van der Waals surface area contributed by atoms with Crippen molar-refractivity contribution in [1.82, 2.24) is 0 Å². The summed E-state index contributed by atoms with van der Waals surface area (Å²) in [5.74, 6) is 9.15. The van der Waals surface area contributed by atoms with E-state index in [-0.39, 0.29) is 0 Å². The molecule has 0 heterocycles. The number of rotatable bonds is 0. The molecule has 0 saturated heterocycles. The molecule has 0 radical (unpaired) electrons. The van der Waals surface area contributed by atoms with E-state index >= 15 is 0 Å².